The maximum absolute atomic E-state index is 11.8. The quantitative estimate of drug-likeness (QED) is 0.804. The van der Waals surface area contributed by atoms with E-state index in [1.54, 1.807) is 7.11 Å². The molecule has 0 aliphatic carbocycles. The normalized spacial score (nSPS) is 18.6. The molecule has 0 spiro atoms. The predicted molar refractivity (Wildman–Crippen MR) is 76.5 cm³/mol. The standard InChI is InChI=1S/C14H22N4O2/c1-3-11-7-15-14(16-8-11)17-9-12-6-13(19)18(10-12)4-5-20-2/h7-8,12H,3-6,9-10H2,1-2H3,(H,15,16,17)/t12-/m0/s1. The van der Waals surface area contributed by atoms with Crippen LogP contribution in [0.25, 0.3) is 0 Å². The molecule has 1 atom stereocenters. The largest absolute Gasteiger partial charge is 0.383 e. The van der Waals surface area contributed by atoms with Crippen LogP contribution in [0.5, 0.6) is 0 Å². The Morgan fingerprint density at radius 1 is 1.45 bits per heavy atom. The smallest absolute Gasteiger partial charge is 0.223 e. The number of nitrogens with zero attached hydrogens (tertiary/aromatic N) is 3. The second kappa shape index (κ2) is 7.19. The molecule has 1 aromatic heterocycles. The van der Waals surface area contributed by atoms with Gasteiger partial charge < -0.3 is 15.0 Å². The van der Waals surface area contributed by atoms with Gasteiger partial charge in [-0.05, 0) is 12.0 Å². The number of rotatable bonds is 7. The Bertz CT molecular complexity index is 435. The Hall–Kier alpha value is -1.69. The number of methoxy groups -OCH3 is 1. The summed E-state index contributed by atoms with van der Waals surface area (Å²) in [7, 11) is 1.65. The van der Waals surface area contributed by atoms with Crippen LogP contribution in [0.1, 0.15) is 18.9 Å². The molecule has 1 fully saturated rings. The van der Waals surface area contributed by atoms with Crippen molar-refractivity contribution in [1.82, 2.24) is 14.9 Å². The molecule has 0 aromatic carbocycles. The average Bonchev–Trinajstić information content (AvgIpc) is 2.84. The van der Waals surface area contributed by atoms with Crippen LogP contribution in [0.15, 0.2) is 12.4 Å². The number of carbonyl (C=O) groups is 1. The highest BCUT2D eigenvalue weighted by atomic mass is 16.5. The zero-order valence-corrected chi connectivity index (χ0v) is 12.1. The van der Waals surface area contributed by atoms with E-state index in [0.717, 1.165) is 25.1 Å². The minimum absolute atomic E-state index is 0.205. The molecule has 1 N–H and O–H groups in total. The first-order chi connectivity index (χ1) is 9.72. The molecule has 2 heterocycles. The minimum Gasteiger partial charge on any atom is -0.383 e. The third kappa shape index (κ3) is 3.90. The summed E-state index contributed by atoms with van der Waals surface area (Å²) in [4.78, 5) is 22.2. The summed E-state index contributed by atoms with van der Waals surface area (Å²) in [6.45, 7) is 4.84. The number of nitrogens with one attached hydrogen (secondary N) is 1. The van der Waals surface area contributed by atoms with Gasteiger partial charge in [-0.15, -0.1) is 0 Å². The lowest BCUT2D eigenvalue weighted by Crippen LogP contribution is -2.29. The van der Waals surface area contributed by atoms with Crippen molar-refractivity contribution < 1.29 is 9.53 Å². The highest BCUT2D eigenvalue weighted by Gasteiger charge is 2.28. The second-order valence-corrected chi connectivity index (χ2v) is 5.05. The number of aromatic nitrogens is 2. The van der Waals surface area contributed by atoms with Gasteiger partial charge in [0.25, 0.3) is 0 Å². The number of likely N-dealkylation sites (tertiary alicyclic amines) is 1. The Morgan fingerprint density at radius 3 is 2.85 bits per heavy atom. The molecular weight excluding hydrogens is 256 g/mol. The van der Waals surface area contributed by atoms with E-state index in [9.17, 15) is 4.79 Å². The van der Waals surface area contributed by atoms with Crippen LogP contribution < -0.4 is 5.32 Å². The highest BCUT2D eigenvalue weighted by molar-refractivity contribution is 5.78. The van der Waals surface area contributed by atoms with Gasteiger partial charge in [0.1, 0.15) is 0 Å². The molecule has 2 rings (SSSR count). The summed E-state index contributed by atoms with van der Waals surface area (Å²) in [6.07, 6.45) is 5.19. The van der Waals surface area contributed by atoms with E-state index in [0.29, 0.717) is 31.4 Å². The number of hydrogen-bond acceptors (Lipinski definition) is 5. The van der Waals surface area contributed by atoms with E-state index < -0.39 is 0 Å². The molecule has 0 unspecified atom stereocenters. The first-order valence-electron chi connectivity index (χ1n) is 7.04. The van der Waals surface area contributed by atoms with Crippen molar-refractivity contribution in [3.05, 3.63) is 18.0 Å². The third-order valence-electron chi connectivity index (χ3n) is 3.52. The summed E-state index contributed by atoms with van der Waals surface area (Å²) in [5.41, 5.74) is 1.12. The van der Waals surface area contributed by atoms with Gasteiger partial charge in [0.15, 0.2) is 0 Å². The maximum Gasteiger partial charge on any atom is 0.223 e. The van der Waals surface area contributed by atoms with Gasteiger partial charge in [0, 0.05) is 51.5 Å². The molecule has 6 heteroatoms. The lowest BCUT2D eigenvalue weighted by Gasteiger charge is -2.16. The molecule has 20 heavy (non-hydrogen) atoms. The predicted octanol–water partition coefficient (Wildman–Crippen LogP) is 0.946. The molecule has 0 radical (unpaired) electrons. The van der Waals surface area contributed by atoms with E-state index in [2.05, 4.69) is 22.2 Å². The summed E-state index contributed by atoms with van der Waals surface area (Å²) >= 11 is 0. The second-order valence-electron chi connectivity index (χ2n) is 5.05. The fourth-order valence-electron chi connectivity index (χ4n) is 2.27. The molecule has 0 saturated carbocycles. The fourth-order valence-corrected chi connectivity index (χ4v) is 2.27. The van der Waals surface area contributed by atoms with Crippen LogP contribution >= 0.6 is 0 Å². The number of carbonyl (C=O) groups excluding carboxylic acids is 1. The summed E-state index contributed by atoms with van der Waals surface area (Å²) in [5, 5.41) is 3.20. The van der Waals surface area contributed by atoms with E-state index in [1.165, 1.54) is 0 Å². The molecule has 6 nitrogen and oxygen atoms in total. The van der Waals surface area contributed by atoms with Crippen LogP contribution in [0.4, 0.5) is 5.95 Å². The lowest BCUT2D eigenvalue weighted by molar-refractivity contribution is -0.128. The number of amides is 1. The first kappa shape index (κ1) is 14.7. The highest BCUT2D eigenvalue weighted by Crippen LogP contribution is 2.17. The van der Waals surface area contributed by atoms with Gasteiger partial charge in [-0.1, -0.05) is 6.92 Å². The summed E-state index contributed by atoms with van der Waals surface area (Å²) in [6, 6.07) is 0. The van der Waals surface area contributed by atoms with Crippen LogP contribution in [0.2, 0.25) is 0 Å². The van der Waals surface area contributed by atoms with Crippen LogP contribution in [0.3, 0.4) is 0 Å². The number of aryl methyl sites for hydroxylation is 1. The van der Waals surface area contributed by atoms with Gasteiger partial charge in [0.2, 0.25) is 11.9 Å². The molecule has 0 bridgehead atoms. The fraction of sp³-hybridized carbons (Fsp3) is 0.643. The van der Waals surface area contributed by atoms with Crippen molar-refractivity contribution in [3.8, 4) is 0 Å². The van der Waals surface area contributed by atoms with Gasteiger partial charge in [0.05, 0.1) is 6.61 Å². The molecule has 1 saturated heterocycles. The van der Waals surface area contributed by atoms with Gasteiger partial charge in [-0.2, -0.15) is 0 Å². The van der Waals surface area contributed by atoms with Gasteiger partial charge in [-0.25, -0.2) is 9.97 Å². The topological polar surface area (TPSA) is 67.4 Å². The SMILES string of the molecule is CCc1cnc(NC[C@@H]2CC(=O)N(CCOC)C2)nc1. The Labute approximate surface area is 119 Å². The Morgan fingerprint density at radius 2 is 2.20 bits per heavy atom. The number of hydrogen-bond donors (Lipinski definition) is 1. The molecule has 110 valence electrons. The lowest BCUT2D eigenvalue weighted by atomic mass is 10.1. The van der Waals surface area contributed by atoms with Crippen molar-refractivity contribution >= 4 is 11.9 Å². The van der Waals surface area contributed by atoms with Crippen molar-refractivity contribution in [2.24, 2.45) is 5.92 Å². The van der Waals surface area contributed by atoms with Crippen molar-refractivity contribution in [2.45, 2.75) is 19.8 Å². The molecule has 1 aliphatic rings. The van der Waals surface area contributed by atoms with Crippen molar-refractivity contribution in [2.75, 3.05) is 38.7 Å². The van der Waals surface area contributed by atoms with E-state index in [-0.39, 0.29) is 5.91 Å². The summed E-state index contributed by atoms with van der Waals surface area (Å²) < 4.78 is 5.01. The van der Waals surface area contributed by atoms with Crippen LogP contribution in [-0.2, 0) is 16.0 Å². The van der Waals surface area contributed by atoms with E-state index >= 15 is 0 Å². The molecule has 1 amide bonds. The third-order valence-corrected chi connectivity index (χ3v) is 3.52. The van der Waals surface area contributed by atoms with Crippen LogP contribution in [0, 0.1) is 5.92 Å². The minimum atomic E-state index is 0.205. The Balaban J connectivity index is 1.78. The molecule has 1 aliphatic heterocycles. The monoisotopic (exact) mass is 278 g/mol. The van der Waals surface area contributed by atoms with Crippen molar-refractivity contribution in [3.63, 3.8) is 0 Å². The maximum atomic E-state index is 11.8. The van der Waals surface area contributed by atoms with Crippen molar-refractivity contribution in [1.29, 1.82) is 0 Å². The zero-order valence-electron chi connectivity index (χ0n) is 12.1. The van der Waals surface area contributed by atoms with E-state index in [4.69, 9.17) is 4.74 Å². The van der Waals surface area contributed by atoms with Gasteiger partial charge in [-0.3, -0.25) is 4.79 Å². The molecular formula is C14H22N4O2. The van der Waals surface area contributed by atoms with Crippen LogP contribution in [-0.4, -0.2) is 54.1 Å². The zero-order chi connectivity index (χ0) is 14.4. The first-order valence-corrected chi connectivity index (χ1v) is 7.04. The summed E-state index contributed by atoms with van der Waals surface area (Å²) in [5.74, 6) is 1.15. The van der Waals surface area contributed by atoms with E-state index in [1.807, 2.05) is 17.3 Å². The van der Waals surface area contributed by atoms with Gasteiger partial charge >= 0.3 is 0 Å². The number of ether oxygens (including phenoxy) is 1. The number of anilines is 1. The Kier molecular flexibility index (Phi) is 5.29. The average molecular weight is 278 g/mol. The molecule has 1 aromatic rings.